The van der Waals surface area contributed by atoms with Crippen LogP contribution in [0.2, 0.25) is 0 Å². The Morgan fingerprint density at radius 2 is 2.20 bits per heavy atom. The van der Waals surface area contributed by atoms with Crippen molar-refractivity contribution >= 4 is 17.3 Å². The Morgan fingerprint density at radius 3 is 2.80 bits per heavy atom. The number of ether oxygens (including phenoxy) is 1. The third-order valence-electron chi connectivity index (χ3n) is 3.38. The largest absolute Gasteiger partial charge is 0.493 e. The van der Waals surface area contributed by atoms with E-state index in [9.17, 15) is 9.90 Å². The van der Waals surface area contributed by atoms with Gasteiger partial charge in [-0.05, 0) is 36.3 Å². The van der Waals surface area contributed by atoms with Crippen LogP contribution in [0.25, 0.3) is 22.0 Å². The molecule has 0 fully saturated rings. The second-order valence-electron chi connectivity index (χ2n) is 5.89. The maximum atomic E-state index is 11.2. The number of tetrazole rings is 1. The van der Waals surface area contributed by atoms with E-state index in [1.165, 1.54) is 0 Å². The molecule has 3 rings (SSSR count). The Kier molecular flexibility index (Phi) is 4.75. The summed E-state index contributed by atoms with van der Waals surface area (Å²) >= 11 is 1.14. The van der Waals surface area contributed by atoms with Crippen molar-refractivity contribution in [3.63, 3.8) is 0 Å². The molecule has 0 spiro atoms. The average molecular weight is 359 g/mol. The van der Waals surface area contributed by atoms with Gasteiger partial charge in [0.1, 0.15) is 15.6 Å². The first-order valence-corrected chi connectivity index (χ1v) is 8.49. The number of hydrogen-bond donors (Lipinski definition) is 2. The quantitative estimate of drug-likeness (QED) is 0.695. The van der Waals surface area contributed by atoms with Crippen molar-refractivity contribution < 1.29 is 14.6 Å². The van der Waals surface area contributed by atoms with E-state index in [4.69, 9.17) is 4.74 Å². The van der Waals surface area contributed by atoms with E-state index >= 15 is 0 Å². The lowest BCUT2D eigenvalue weighted by atomic mass is 10.1. The van der Waals surface area contributed by atoms with Crippen molar-refractivity contribution in [3.05, 3.63) is 28.8 Å². The van der Waals surface area contributed by atoms with Gasteiger partial charge in [0.25, 0.3) is 0 Å². The van der Waals surface area contributed by atoms with E-state index in [0.717, 1.165) is 16.9 Å². The number of aromatic nitrogens is 5. The number of aromatic carboxylic acids is 1. The van der Waals surface area contributed by atoms with E-state index in [1.54, 1.807) is 6.92 Å². The second kappa shape index (κ2) is 6.98. The summed E-state index contributed by atoms with van der Waals surface area (Å²) in [5, 5.41) is 23.9. The Hall–Kier alpha value is -2.81. The number of aromatic amines is 1. The highest BCUT2D eigenvalue weighted by Gasteiger charge is 2.18. The standard InChI is InChI=1S/C16H17N5O3S/c1-8(2)7-24-12-5-4-10(6-11(12)14-18-20-21-19-14)15-17-9(3)13(25-15)16(22)23/h4-6,8H,7H2,1-3H3,(H,22,23)(H,18,19,20,21). The molecule has 8 nitrogen and oxygen atoms in total. The maximum absolute atomic E-state index is 11.2. The molecule has 0 aliphatic heterocycles. The average Bonchev–Trinajstić information content (AvgIpc) is 3.22. The Bertz CT molecular complexity index is 889. The van der Waals surface area contributed by atoms with Gasteiger partial charge in [-0.3, -0.25) is 0 Å². The molecule has 2 aromatic heterocycles. The van der Waals surface area contributed by atoms with Crippen LogP contribution in [0, 0.1) is 12.8 Å². The third-order valence-corrected chi connectivity index (χ3v) is 4.57. The summed E-state index contributed by atoms with van der Waals surface area (Å²) in [4.78, 5) is 15.8. The molecule has 0 unspecified atom stereocenters. The SMILES string of the molecule is Cc1nc(-c2ccc(OCC(C)C)c(-c3nn[nH]n3)c2)sc1C(=O)O. The van der Waals surface area contributed by atoms with Gasteiger partial charge in [0.05, 0.1) is 17.9 Å². The number of nitrogens with zero attached hydrogens (tertiary/aromatic N) is 4. The molecule has 9 heteroatoms. The molecule has 1 aromatic carbocycles. The zero-order valence-electron chi connectivity index (χ0n) is 14.0. The van der Waals surface area contributed by atoms with Crippen molar-refractivity contribution in [1.82, 2.24) is 25.6 Å². The fourth-order valence-electron chi connectivity index (χ4n) is 2.21. The number of thiazole rings is 1. The second-order valence-corrected chi connectivity index (χ2v) is 6.89. The smallest absolute Gasteiger partial charge is 0.347 e. The van der Waals surface area contributed by atoms with Crippen molar-refractivity contribution in [2.75, 3.05) is 6.61 Å². The van der Waals surface area contributed by atoms with Crippen molar-refractivity contribution in [2.24, 2.45) is 5.92 Å². The van der Waals surface area contributed by atoms with Crippen LogP contribution in [-0.2, 0) is 0 Å². The van der Waals surface area contributed by atoms with Crippen LogP contribution in [0.4, 0.5) is 0 Å². The van der Waals surface area contributed by atoms with E-state index in [1.807, 2.05) is 18.2 Å². The zero-order chi connectivity index (χ0) is 18.0. The molecule has 0 amide bonds. The summed E-state index contributed by atoms with van der Waals surface area (Å²) in [5.74, 6) is 0.451. The number of aryl methyl sites for hydroxylation is 1. The zero-order valence-corrected chi connectivity index (χ0v) is 14.8. The van der Waals surface area contributed by atoms with Crippen LogP contribution >= 0.6 is 11.3 Å². The summed E-state index contributed by atoms with van der Waals surface area (Å²) in [7, 11) is 0. The first kappa shape index (κ1) is 17.0. The lowest BCUT2D eigenvalue weighted by molar-refractivity contribution is 0.0701. The number of carbonyl (C=O) groups is 1. The van der Waals surface area contributed by atoms with Crippen LogP contribution in [0.5, 0.6) is 5.75 Å². The molecule has 0 aliphatic carbocycles. The molecule has 2 heterocycles. The predicted octanol–water partition coefficient (Wildman–Crippen LogP) is 3.03. The number of rotatable bonds is 6. The molecular weight excluding hydrogens is 342 g/mol. The monoisotopic (exact) mass is 359 g/mol. The van der Waals surface area contributed by atoms with Crippen LogP contribution in [0.15, 0.2) is 18.2 Å². The van der Waals surface area contributed by atoms with Crippen LogP contribution in [0.1, 0.15) is 29.2 Å². The van der Waals surface area contributed by atoms with Crippen molar-refractivity contribution in [3.8, 4) is 27.7 Å². The summed E-state index contributed by atoms with van der Waals surface area (Å²) in [6.07, 6.45) is 0. The minimum atomic E-state index is -0.975. The number of H-pyrrole nitrogens is 1. The fraction of sp³-hybridized carbons (Fsp3) is 0.312. The van der Waals surface area contributed by atoms with Crippen LogP contribution in [0.3, 0.4) is 0 Å². The number of carboxylic acid groups (broad SMARTS) is 1. The molecule has 2 N–H and O–H groups in total. The van der Waals surface area contributed by atoms with Gasteiger partial charge >= 0.3 is 5.97 Å². The third kappa shape index (κ3) is 3.66. The summed E-state index contributed by atoms with van der Waals surface area (Å²) in [6.45, 7) is 6.37. The van der Waals surface area contributed by atoms with E-state index in [0.29, 0.717) is 40.4 Å². The molecule has 0 bridgehead atoms. The van der Waals surface area contributed by atoms with Crippen molar-refractivity contribution in [2.45, 2.75) is 20.8 Å². The molecule has 0 aliphatic rings. The van der Waals surface area contributed by atoms with Gasteiger partial charge in [-0.15, -0.1) is 21.5 Å². The maximum Gasteiger partial charge on any atom is 0.347 e. The Labute approximate surface area is 147 Å². The topological polar surface area (TPSA) is 114 Å². The fourth-order valence-corrected chi connectivity index (χ4v) is 3.12. The molecule has 0 saturated heterocycles. The van der Waals surface area contributed by atoms with E-state index in [-0.39, 0.29) is 4.88 Å². The summed E-state index contributed by atoms with van der Waals surface area (Å²) < 4.78 is 5.85. The summed E-state index contributed by atoms with van der Waals surface area (Å²) in [6, 6.07) is 5.51. The molecular formula is C16H17N5O3S. The van der Waals surface area contributed by atoms with Gasteiger partial charge in [0.2, 0.25) is 5.82 Å². The molecule has 0 atom stereocenters. The molecule has 25 heavy (non-hydrogen) atoms. The van der Waals surface area contributed by atoms with Crippen LogP contribution in [-0.4, -0.2) is 43.3 Å². The highest BCUT2D eigenvalue weighted by atomic mass is 32.1. The Balaban J connectivity index is 2.03. The van der Waals surface area contributed by atoms with Gasteiger partial charge in [-0.2, -0.15) is 5.21 Å². The first-order valence-electron chi connectivity index (χ1n) is 7.67. The Morgan fingerprint density at radius 1 is 1.40 bits per heavy atom. The highest BCUT2D eigenvalue weighted by Crippen LogP contribution is 2.35. The number of nitrogens with one attached hydrogen (secondary N) is 1. The number of benzene rings is 1. The first-order chi connectivity index (χ1) is 12.0. The van der Waals surface area contributed by atoms with Gasteiger partial charge in [0.15, 0.2) is 0 Å². The van der Waals surface area contributed by atoms with Gasteiger partial charge in [0, 0.05) is 5.56 Å². The van der Waals surface area contributed by atoms with E-state index < -0.39 is 5.97 Å². The van der Waals surface area contributed by atoms with Gasteiger partial charge in [-0.1, -0.05) is 13.8 Å². The minimum Gasteiger partial charge on any atom is -0.493 e. The van der Waals surface area contributed by atoms with Gasteiger partial charge < -0.3 is 9.84 Å². The van der Waals surface area contributed by atoms with Gasteiger partial charge in [-0.25, -0.2) is 9.78 Å². The number of hydrogen-bond acceptors (Lipinski definition) is 7. The lowest BCUT2D eigenvalue weighted by Gasteiger charge is -2.12. The summed E-state index contributed by atoms with van der Waals surface area (Å²) in [5.41, 5.74) is 1.95. The van der Waals surface area contributed by atoms with Crippen molar-refractivity contribution in [1.29, 1.82) is 0 Å². The minimum absolute atomic E-state index is 0.233. The normalized spacial score (nSPS) is 11.0. The van der Waals surface area contributed by atoms with E-state index in [2.05, 4.69) is 39.5 Å². The highest BCUT2D eigenvalue weighted by molar-refractivity contribution is 7.17. The molecule has 3 aromatic rings. The lowest BCUT2D eigenvalue weighted by Crippen LogP contribution is -2.05. The molecule has 130 valence electrons. The predicted molar refractivity (Wildman–Crippen MR) is 92.8 cm³/mol. The van der Waals surface area contributed by atoms with Crippen LogP contribution < -0.4 is 4.74 Å². The number of carboxylic acids is 1. The molecule has 0 radical (unpaired) electrons. The molecule has 0 saturated carbocycles.